The number of nitrogens with one attached hydrogen (secondary N) is 1. The standard InChI is InChI=1S/C14H19FN4O.HI/c1-19(10-6-7-10)14(16)18-9-8-17-13(20)11-4-2-3-5-12(11)15;/h2-5,10H,6-9H2,1H3,(H2,16,18)(H,17,20);1H. The average Bonchev–Trinajstić information content (AvgIpc) is 3.27. The molecule has 0 heterocycles. The summed E-state index contributed by atoms with van der Waals surface area (Å²) in [6.45, 7) is 0.704. The van der Waals surface area contributed by atoms with Crippen molar-refractivity contribution in [1.82, 2.24) is 10.2 Å². The van der Waals surface area contributed by atoms with E-state index < -0.39 is 11.7 Å². The molecule has 0 saturated heterocycles. The summed E-state index contributed by atoms with van der Waals surface area (Å²) < 4.78 is 13.4. The molecular formula is C14H20FIN4O. The van der Waals surface area contributed by atoms with Crippen molar-refractivity contribution in [2.75, 3.05) is 20.1 Å². The third-order valence-corrected chi connectivity index (χ3v) is 3.25. The number of hydrogen-bond donors (Lipinski definition) is 2. The molecule has 0 atom stereocenters. The van der Waals surface area contributed by atoms with Crippen LogP contribution in [0.1, 0.15) is 23.2 Å². The molecule has 3 N–H and O–H groups in total. The van der Waals surface area contributed by atoms with Gasteiger partial charge in [0.2, 0.25) is 0 Å². The van der Waals surface area contributed by atoms with Crippen molar-refractivity contribution in [3.05, 3.63) is 35.6 Å². The van der Waals surface area contributed by atoms with Crippen molar-refractivity contribution in [3.63, 3.8) is 0 Å². The summed E-state index contributed by atoms with van der Waals surface area (Å²) >= 11 is 0. The van der Waals surface area contributed by atoms with Crippen molar-refractivity contribution < 1.29 is 9.18 Å². The maximum absolute atomic E-state index is 13.4. The number of hydrogen-bond acceptors (Lipinski definition) is 2. The molecule has 0 aliphatic heterocycles. The number of amides is 1. The van der Waals surface area contributed by atoms with Crippen LogP contribution in [0.15, 0.2) is 29.3 Å². The van der Waals surface area contributed by atoms with E-state index in [2.05, 4.69) is 10.3 Å². The Morgan fingerprint density at radius 3 is 2.76 bits per heavy atom. The van der Waals surface area contributed by atoms with Crippen molar-refractivity contribution in [2.45, 2.75) is 18.9 Å². The van der Waals surface area contributed by atoms with Gasteiger partial charge >= 0.3 is 0 Å². The second kappa shape index (κ2) is 8.16. The minimum Gasteiger partial charge on any atom is -0.370 e. The number of carbonyl (C=O) groups is 1. The second-order valence-corrected chi connectivity index (χ2v) is 4.82. The Morgan fingerprint density at radius 1 is 1.48 bits per heavy atom. The van der Waals surface area contributed by atoms with Gasteiger partial charge in [-0.05, 0) is 25.0 Å². The van der Waals surface area contributed by atoms with Crippen LogP contribution < -0.4 is 11.1 Å². The fourth-order valence-corrected chi connectivity index (χ4v) is 1.84. The number of halogens is 2. The van der Waals surface area contributed by atoms with E-state index in [-0.39, 0.29) is 29.5 Å². The molecule has 1 aromatic rings. The topological polar surface area (TPSA) is 70.7 Å². The van der Waals surface area contributed by atoms with Crippen LogP contribution in [-0.4, -0.2) is 42.9 Å². The molecule has 1 aromatic carbocycles. The molecule has 0 radical (unpaired) electrons. The molecule has 7 heteroatoms. The average molecular weight is 406 g/mol. The Labute approximate surface area is 140 Å². The summed E-state index contributed by atoms with van der Waals surface area (Å²) in [7, 11) is 1.91. The van der Waals surface area contributed by atoms with Crippen LogP contribution in [0.5, 0.6) is 0 Å². The lowest BCUT2D eigenvalue weighted by Crippen LogP contribution is -2.36. The highest BCUT2D eigenvalue weighted by Gasteiger charge is 2.27. The zero-order valence-electron chi connectivity index (χ0n) is 11.9. The largest absolute Gasteiger partial charge is 0.370 e. The third-order valence-electron chi connectivity index (χ3n) is 3.25. The van der Waals surface area contributed by atoms with Gasteiger partial charge in [0.25, 0.3) is 5.91 Å². The van der Waals surface area contributed by atoms with Gasteiger partial charge in [-0.3, -0.25) is 9.79 Å². The Hall–Kier alpha value is -1.38. The van der Waals surface area contributed by atoms with Crippen molar-refractivity contribution >= 4 is 35.8 Å². The molecule has 116 valence electrons. The van der Waals surface area contributed by atoms with Crippen LogP contribution in [0.25, 0.3) is 0 Å². The Morgan fingerprint density at radius 2 is 2.14 bits per heavy atom. The quantitative estimate of drug-likeness (QED) is 0.338. The summed E-state index contributed by atoms with van der Waals surface area (Å²) in [6, 6.07) is 6.38. The van der Waals surface area contributed by atoms with E-state index in [0.717, 1.165) is 12.8 Å². The normalized spacial score (nSPS) is 14.3. The van der Waals surface area contributed by atoms with Gasteiger partial charge in [-0.2, -0.15) is 0 Å². The van der Waals surface area contributed by atoms with E-state index in [0.29, 0.717) is 25.1 Å². The SMILES string of the molecule is CN(C(N)=NCCNC(=O)c1ccccc1F)C1CC1.I. The fraction of sp³-hybridized carbons (Fsp3) is 0.429. The maximum atomic E-state index is 13.4. The molecule has 2 rings (SSSR count). The lowest BCUT2D eigenvalue weighted by Gasteiger charge is -2.16. The second-order valence-electron chi connectivity index (χ2n) is 4.82. The first kappa shape index (κ1) is 17.7. The number of nitrogens with zero attached hydrogens (tertiary/aromatic N) is 2. The van der Waals surface area contributed by atoms with Gasteiger partial charge in [0.15, 0.2) is 5.96 Å². The Balaban J connectivity index is 0.00000220. The van der Waals surface area contributed by atoms with Gasteiger partial charge in [-0.1, -0.05) is 12.1 Å². The first-order valence-corrected chi connectivity index (χ1v) is 6.65. The lowest BCUT2D eigenvalue weighted by molar-refractivity contribution is 0.0951. The third kappa shape index (κ3) is 5.14. The van der Waals surface area contributed by atoms with Crippen LogP contribution in [-0.2, 0) is 0 Å². The summed E-state index contributed by atoms with van der Waals surface area (Å²) in [5, 5.41) is 2.62. The van der Waals surface area contributed by atoms with Crippen LogP contribution in [0.3, 0.4) is 0 Å². The van der Waals surface area contributed by atoms with Crippen molar-refractivity contribution in [1.29, 1.82) is 0 Å². The molecule has 0 unspecified atom stereocenters. The van der Waals surface area contributed by atoms with E-state index in [1.165, 1.54) is 12.1 Å². The Bertz CT molecular complexity index is 519. The zero-order valence-corrected chi connectivity index (χ0v) is 14.2. The molecule has 0 spiro atoms. The fourth-order valence-electron chi connectivity index (χ4n) is 1.84. The summed E-state index contributed by atoms with van der Waals surface area (Å²) in [6.07, 6.45) is 2.30. The van der Waals surface area contributed by atoms with Crippen LogP contribution in [0, 0.1) is 5.82 Å². The highest BCUT2D eigenvalue weighted by molar-refractivity contribution is 14.0. The van der Waals surface area contributed by atoms with Crippen molar-refractivity contribution in [2.24, 2.45) is 10.7 Å². The number of benzene rings is 1. The van der Waals surface area contributed by atoms with Crippen molar-refractivity contribution in [3.8, 4) is 0 Å². The highest BCUT2D eigenvalue weighted by atomic mass is 127. The minimum absolute atomic E-state index is 0. The number of nitrogens with two attached hydrogens (primary N) is 1. The van der Waals surface area contributed by atoms with Crippen LogP contribution in [0.2, 0.25) is 0 Å². The summed E-state index contributed by atoms with van der Waals surface area (Å²) in [5.41, 5.74) is 5.85. The van der Waals surface area contributed by atoms with Gasteiger partial charge in [0, 0.05) is 19.6 Å². The van der Waals surface area contributed by atoms with E-state index in [9.17, 15) is 9.18 Å². The first-order chi connectivity index (χ1) is 9.59. The lowest BCUT2D eigenvalue weighted by atomic mass is 10.2. The van der Waals surface area contributed by atoms with Crippen LogP contribution in [0.4, 0.5) is 4.39 Å². The molecule has 21 heavy (non-hydrogen) atoms. The number of guanidine groups is 1. The highest BCUT2D eigenvalue weighted by Crippen LogP contribution is 2.24. The predicted octanol–water partition coefficient (Wildman–Crippen LogP) is 1.58. The molecule has 0 bridgehead atoms. The molecule has 1 amide bonds. The zero-order chi connectivity index (χ0) is 14.5. The van der Waals surface area contributed by atoms with Crippen LogP contribution >= 0.6 is 24.0 Å². The maximum Gasteiger partial charge on any atom is 0.254 e. The summed E-state index contributed by atoms with van der Waals surface area (Å²) in [4.78, 5) is 17.8. The first-order valence-electron chi connectivity index (χ1n) is 6.65. The molecule has 1 saturated carbocycles. The molecule has 1 aliphatic carbocycles. The monoisotopic (exact) mass is 406 g/mol. The van der Waals surface area contributed by atoms with E-state index in [4.69, 9.17) is 5.73 Å². The van der Waals surface area contributed by atoms with Gasteiger partial charge in [0.1, 0.15) is 5.82 Å². The van der Waals surface area contributed by atoms with Gasteiger partial charge in [-0.25, -0.2) is 4.39 Å². The smallest absolute Gasteiger partial charge is 0.254 e. The number of aliphatic imine (C=N–C) groups is 1. The van der Waals surface area contributed by atoms with Gasteiger partial charge < -0.3 is 16.0 Å². The minimum atomic E-state index is -0.526. The Kier molecular flexibility index (Phi) is 6.86. The molecule has 1 fully saturated rings. The van der Waals surface area contributed by atoms with E-state index >= 15 is 0 Å². The number of rotatable bonds is 5. The van der Waals surface area contributed by atoms with E-state index in [1.54, 1.807) is 12.1 Å². The van der Waals surface area contributed by atoms with Gasteiger partial charge in [0.05, 0.1) is 12.1 Å². The molecule has 5 nitrogen and oxygen atoms in total. The van der Waals surface area contributed by atoms with Gasteiger partial charge in [-0.15, -0.1) is 24.0 Å². The molecule has 0 aromatic heterocycles. The number of carbonyl (C=O) groups excluding carboxylic acids is 1. The van der Waals surface area contributed by atoms with E-state index in [1.807, 2.05) is 11.9 Å². The molecular weight excluding hydrogens is 386 g/mol. The summed E-state index contributed by atoms with van der Waals surface area (Å²) in [5.74, 6) is -0.485. The molecule has 1 aliphatic rings. The predicted molar refractivity (Wildman–Crippen MR) is 91.4 cm³/mol.